The van der Waals surface area contributed by atoms with Gasteiger partial charge in [-0.1, -0.05) is 37.1 Å². The molecule has 11 heteroatoms. The molecule has 1 saturated heterocycles. The third kappa shape index (κ3) is 4.04. The largest absolute Gasteiger partial charge is 0.282 e. The molecule has 2 aromatic carbocycles. The monoisotopic (exact) mass is 452 g/mol. The Hall–Kier alpha value is -4.15. The summed E-state index contributed by atoms with van der Waals surface area (Å²) in [7, 11) is 0. The van der Waals surface area contributed by atoms with Crippen molar-refractivity contribution in [3.05, 3.63) is 79.9 Å². The third-order valence-corrected chi connectivity index (χ3v) is 6.10. The molecule has 11 nitrogen and oxygen atoms in total. The molecule has 2 fully saturated rings. The Morgan fingerprint density at radius 3 is 2.03 bits per heavy atom. The van der Waals surface area contributed by atoms with Gasteiger partial charge in [0.25, 0.3) is 29.1 Å². The average molecular weight is 452 g/mol. The lowest BCUT2D eigenvalue weighted by molar-refractivity contribution is -0.385. The maximum atomic E-state index is 13.5. The molecule has 3 amide bonds. The van der Waals surface area contributed by atoms with Gasteiger partial charge in [-0.25, -0.2) is 5.01 Å². The molecule has 0 radical (unpaired) electrons. The van der Waals surface area contributed by atoms with Crippen LogP contribution in [0.25, 0.3) is 0 Å². The molecule has 0 aromatic heterocycles. The lowest BCUT2D eigenvalue weighted by atomic mass is 9.81. The Kier molecular flexibility index (Phi) is 5.86. The van der Waals surface area contributed by atoms with Gasteiger partial charge in [0.1, 0.15) is 5.56 Å². The van der Waals surface area contributed by atoms with Crippen LogP contribution in [0, 0.1) is 32.1 Å². The second-order valence-electron chi connectivity index (χ2n) is 8.05. The smallest absolute Gasteiger partial charge is 0.272 e. The molecule has 170 valence electrons. The van der Waals surface area contributed by atoms with E-state index in [2.05, 4.69) is 0 Å². The quantitative estimate of drug-likeness (QED) is 0.372. The minimum absolute atomic E-state index is 0.158. The van der Waals surface area contributed by atoms with Crippen LogP contribution in [-0.4, -0.2) is 37.6 Å². The van der Waals surface area contributed by atoms with Gasteiger partial charge in [0, 0.05) is 18.2 Å². The van der Waals surface area contributed by atoms with Crippen molar-refractivity contribution >= 4 is 29.1 Å². The van der Waals surface area contributed by atoms with Crippen molar-refractivity contribution < 1.29 is 24.2 Å². The van der Waals surface area contributed by atoms with E-state index in [9.17, 15) is 34.6 Å². The molecule has 2 atom stereocenters. The first-order valence-corrected chi connectivity index (χ1v) is 10.5. The number of benzene rings is 2. The predicted molar refractivity (Wildman–Crippen MR) is 113 cm³/mol. The van der Waals surface area contributed by atoms with Crippen molar-refractivity contribution in [3.63, 3.8) is 0 Å². The van der Waals surface area contributed by atoms with Crippen LogP contribution in [0.3, 0.4) is 0 Å². The maximum Gasteiger partial charge on any atom is 0.282 e. The summed E-state index contributed by atoms with van der Waals surface area (Å²) in [5, 5.41) is 24.2. The highest BCUT2D eigenvalue weighted by Gasteiger charge is 2.51. The topological polar surface area (TPSA) is 144 Å². The molecule has 0 bridgehead atoms. The fourth-order valence-electron chi connectivity index (χ4n) is 4.46. The second-order valence-corrected chi connectivity index (χ2v) is 8.05. The first-order chi connectivity index (χ1) is 15.8. The van der Waals surface area contributed by atoms with Crippen molar-refractivity contribution in [2.24, 2.45) is 11.8 Å². The van der Waals surface area contributed by atoms with E-state index in [1.54, 1.807) is 0 Å². The minimum Gasteiger partial charge on any atom is -0.272 e. The van der Waals surface area contributed by atoms with Gasteiger partial charge in [-0.3, -0.25) is 34.6 Å². The molecule has 0 spiro atoms. The molecule has 33 heavy (non-hydrogen) atoms. The zero-order chi connectivity index (χ0) is 23.7. The highest BCUT2D eigenvalue weighted by atomic mass is 16.6. The lowest BCUT2D eigenvalue weighted by Crippen LogP contribution is -2.49. The van der Waals surface area contributed by atoms with Crippen LogP contribution in [0.5, 0.6) is 0 Å². The van der Waals surface area contributed by atoms with E-state index in [-0.39, 0.29) is 17.8 Å². The highest BCUT2D eigenvalue weighted by Crippen LogP contribution is 2.39. The van der Waals surface area contributed by atoms with E-state index >= 15 is 0 Å². The van der Waals surface area contributed by atoms with Crippen LogP contribution in [0.2, 0.25) is 0 Å². The van der Waals surface area contributed by atoms with Crippen LogP contribution in [0.1, 0.15) is 41.6 Å². The van der Waals surface area contributed by atoms with Crippen molar-refractivity contribution in [3.8, 4) is 0 Å². The van der Waals surface area contributed by atoms with Gasteiger partial charge in [-0.15, -0.1) is 0 Å². The number of para-hydroxylation sites is 1. The van der Waals surface area contributed by atoms with Crippen molar-refractivity contribution in [2.45, 2.75) is 32.2 Å². The van der Waals surface area contributed by atoms with E-state index in [0.717, 1.165) is 22.9 Å². The molecule has 1 heterocycles. The molecule has 1 aliphatic carbocycles. The van der Waals surface area contributed by atoms with E-state index in [1.807, 2.05) is 0 Å². The van der Waals surface area contributed by atoms with Gasteiger partial charge in [0.05, 0.1) is 28.2 Å². The summed E-state index contributed by atoms with van der Waals surface area (Å²) in [6.07, 6.45) is 2.68. The van der Waals surface area contributed by atoms with Crippen LogP contribution in [0.4, 0.5) is 11.4 Å². The highest BCUT2D eigenvalue weighted by molar-refractivity contribution is 6.08. The standard InChI is InChI=1S/C22H20N4O7/c27-20(18-7-3-4-8-19(18)26(32)33)23(13-14-9-11-15(12-10-14)25(30)31)24-21(28)16-5-1-2-6-17(16)22(24)29/h3-4,7-12,16-17H,1-2,5-6,13H2/t16-,17-/m1/s1. The number of rotatable bonds is 6. The molecular formula is C22H20N4O7. The number of imide groups is 1. The van der Waals surface area contributed by atoms with Gasteiger partial charge >= 0.3 is 0 Å². The normalized spacial score (nSPS) is 19.8. The summed E-state index contributed by atoms with van der Waals surface area (Å²) in [5.41, 5.74) is -0.453. The number of nitro groups is 2. The van der Waals surface area contributed by atoms with E-state index < -0.39 is 45.1 Å². The fourth-order valence-corrected chi connectivity index (χ4v) is 4.46. The summed E-state index contributed by atoms with van der Waals surface area (Å²) in [5.74, 6) is -2.92. The molecule has 1 aliphatic heterocycles. The maximum absolute atomic E-state index is 13.5. The Labute approximate surface area is 187 Å². The predicted octanol–water partition coefficient (Wildman–Crippen LogP) is 3.24. The zero-order valence-corrected chi connectivity index (χ0v) is 17.5. The molecule has 0 unspecified atom stereocenters. The van der Waals surface area contributed by atoms with Crippen LogP contribution in [0.15, 0.2) is 48.5 Å². The van der Waals surface area contributed by atoms with Gasteiger partial charge < -0.3 is 0 Å². The molecule has 1 saturated carbocycles. The number of hydrogen-bond donors (Lipinski definition) is 0. The summed E-state index contributed by atoms with van der Waals surface area (Å²) in [6.45, 7) is -0.264. The third-order valence-electron chi connectivity index (χ3n) is 6.10. The zero-order valence-electron chi connectivity index (χ0n) is 17.5. The summed E-state index contributed by atoms with van der Waals surface area (Å²) < 4.78 is 0. The van der Waals surface area contributed by atoms with Crippen LogP contribution in [-0.2, 0) is 16.1 Å². The number of hydrogen-bond acceptors (Lipinski definition) is 7. The number of nitrogens with zero attached hydrogens (tertiary/aromatic N) is 4. The molecular weight excluding hydrogens is 432 g/mol. The van der Waals surface area contributed by atoms with E-state index in [0.29, 0.717) is 18.4 Å². The van der Waals surface area contributed by atoms with Gasteiger partial charge in [-0.05, 0) is 24.5 Å². The van der Waals surface area contributed by atoms with E-state index in [1.165, 1.54) is 48.5 Å². The fraction of sp³-hybridized carbons (Fsp3) is 0.318. The summed E-state index contributed by atoms with van der Waals surface area (Å²) in [4.78, 5) is 61.0. The van der Waals surface area contributed by atoms with Gasteiger partial charge in [-0.2, -0.15) is 5.01 Å². The number of hydrazine groups is 1. The molecule has 0 N–H and O–H groups in total. The number of fused-ring (bicyclic) bond motifs is 1. The minimum atomic E-state index is -0.874. The molecule has 4 rings (SSSR count). The van der Waals surface area contributed by atoms with Gasteiger partial charge in [0.2, 0.25) is 0 Å². The van der Waals surface area contributed by atoms with Crippen molar-refractivity contribution in [1.82, 2.24) is 10.0 Å². The SMILES string of the molecule is O=C(c1ccccc1[N+](=O)[O-])N(Cc1ccc([N+](=O)[O-])cc1)N1C(=O)[C@@H]2CCCC[C@H]2C1=O. The second kappa shape index (κ2) is 8.77. The number of nitro benzene ring substituents is 2. The number of carbonyl (C=O) groups is 3. The van der Waals surface area contributed by atoms with Crippen LogP contribution < -0.4 is 0 Å². The van der Waals surface area contributed by atoms with Crippen LogP contribution >= 0.6 is 0 Å². The molecule has 2 aromatic rings. The Morgan fingerprint density at radius 2 is 1.48 bits per heavy atom. The lowest BCUT2D eigenvalue weighted by Gasteiger charge is -2.30. The Morgan fingerprint density at radius 1 is 0.909 bits per heavy atom. The van der Waals surface area contributed by atoms with Crippen molar-refractivity contribution in [1.29, 1.82) is 0 Å². The first kappa shape index (κ1) is 22.1. The summed E-state index contributed by atoms with van der Waals surface area (Å²) >= 11 is 0. The van der Waals surface area contributed by atoms with Gasteiger partial charge in [0.15, 0.2) is 0 Å². The van der Waals surface area contributed by atoms with E-state index in [4.69, 9.17) is 0 Å². The van der Waals surface area contributed by atoms with Crippen molar-refractivity contribution in [2.75, 3.05) is 0 Å². The summed E-state index contributed by atoms with van der Waals surface area (Å²) in [6, 6.07) is 10.6. The number of amides is 3. The number of non-ortho nitro benzene ring substituents is 1. The first-order valence-electron chi connectivity index (χ1n) is 10.5. The number of carbonyl (C=O) groups excluding carboxylic acids is 3. The molecule has 2 aliphatic rings. The Balaban J connectivity index is 1.75. The average Bonchev–Trinajstić information content (AvgIpc) is 3.07. The Bertz CT molecular complexity index is 1120.